The minimum atomic E-state index is -0.214. The summed E-state index contributed by atoms with van der Waals surface area (Å²) >= 11 is 0. The summed E-state index contributed by atoms with van der Waals surface area (Å²) in [5.74, 6) is -0.214. The lowest BCUT2D eigenvalue weighted by molar-refractivity contribution is -0.143. The monoisotopic (exact) mass is 339 g/mol. The van der Waals surface area contributed by atoms with Gasteiger partial charge >= 0.3 is 5.97 Å². The van der Waals surface area contributed by atoms with E-state index < -0.39 is 0 Å². The van der Waals surface area contributed by atoms with E-state index in [2.05, 4.69) is 0 Å². The van der Waals surface area contributed by atoms with Gasteiger partial charge < -0.3 is 9.30 Å². The van der Waals surface area contributed by atoms with Crippen molar-refractivity contribution in [2.45, 2.75) is 33.1 Å². The van der Waals surface area contributed by atoms with Gasteiger partial charge in [0.25, 0.3) is 5.56 Å². The fourth-order valence-electron chi connectivity index (χ4n) is 2.84. The second kappa shape index (κ2) is 9.02. The van der Waals surface area contributed by atoms with E-state index in [4.69, 9.17) is 4.74 Å². The molecule has 1 aromatic carbocycles. The molecular weight excluding hydrogens is 314 g/mol. The van der Waals surface area contributed by atoms with Gasteiger partial charge in [0.05, 0.1) is 6.61 Å². The highest BCUT2D eigenvalue weighted by Gasteiger charge is 2.11. The Bertz CT molecular complexity index is 804. The number of rotatable bonds is 7. The Morgan fingerprint density at radius 3 is 2.60 bits per heavy atom. The molecule has 2 aromatic rings. The van der Waals surface area contributed by atoms with Crippen molar-refractivity contribution in [1.82, 2.24) is 4.57 Å². The SMILES string of the molecule is CCOC(=O)CCCc1c(/C=C/c2ccccc2)c(C)cn(C)c1=O. The molecule has 0 radical (unpaired) electrons. The minimum Gasteiger partial charge on any atom is -0.466 e. The molecular formula is C21H25NO3. The Hall–Kier alpha value is -2.62. The maximum Gasteiger partial charge on any atom is 0.305 e. The molecule has 0 unspecified atom stereocenters. The Morgan fingerprint density at radius 2 is 1.92 bits per heavy atom. The molecule has 0 atom stereocenters. The van der Waals surface area contributed by atoms with Crippen LogP contribution in [-0.4, -0.2) is 17.1 Å². The summed E-state index contributed by atoms with van der Waals surface area (Å²) in [7, 11) is 1.76. The molecule has 0 aliphatic rings. The number of nitrogens with zero attached hydrogens (tertiary/aromatic N) is 1. The molecule has 0 saturated carbocycles. The van der Waals surface area contributed by atoms with Crippen LogP contribution in [0.3, 0.4) is 0 Å². The van der Waals surface area contributed by atoms with Crippen LogP contribution in [0.1, 0.15) is 42.0 Å². The van der Waals surface area contributed by atoms with E-state index in [9.17, 15) is 9.59 Å². The molecule has 2 rings (SSSR count). The number of ether oxygens (including phenoxy) is 1. The minimum absolute atomic E-state index is 0.0119. The highest BCUT2D eigenvalue weighted by atomic mass is 16.5. The van der Waals surface area contributed by atoms with Gasteiger partial charge in [0.2, 0.25) is 0 Å². The Labute approximate surface area is 148 Å². The number of pyridine rings is 1. The van der Waals surface area contributed by atoms with Crippen molar-refractivity contribution in [2.24, 2.45) is 7.05 Å². The van der Waals surface area contributed by atoms with E-state index in [0.717, 1.165) is 22.3 Å². The molecule has 132 valence electrons. The number of hydrogen-bond donors (Lipinski definition) is 0. The van der Waals surface area contributed by atoms with Crippen LogP contribution in [0.2, 0.25) is 0 Å². The van der Waals surface area contributed by atoms with Gasteiger partial charge in [0.15, 0.2) is 0 Å². The molecule has 0 aliphatic carbocycles. The van der Waals surface area contributed by atoms with Crippen molar-refractivity contribution in [3.63, 3.8) is 0 Å². The molecule has 0 saturated heterocycles. The number of hydrogen-bond acceptors (Lipinski definition) is 3. The molecule has 4 nitrogen and oxygen atoms in total. The first kappa shape index (κ1) is 18.7. The largest absolute Gasteiger partial charge is 0.466 e. The molecule has 4 heteroatoms. The molecule has 1 aromatic heterocycles. The van der Waals surface area contributed by atoms with Crippen LogP contribution in [0.15, 0.2) is 41.3 Å². The number of esters is 1. The average Bonchev–Trinajstić information content (AvgIpc) is 2.59. The van der Waals surface area contributed by atoms with Gasteiger partial charge in [-0.25, -0.2) is 0 Å². The Balaban J connectivity index is 2.26. The first-order valence-electron chi connectivity index (χ1n) is 8.60. The Morgan fingerprint density at radius 1 is 1.20 bits per heavy atom. The maximum atomic E-state index is 12.6. The van der Waals surface area contributed by atoms with Gasteiger partial charge in [0.1, 0.15) is 0 Å². The molecule has 0 N–H and O–H groups in total. The summed E-state index contributed by atoms with van der Waals surface area (Å²) in [6.07, 6.45) is 7.34. The fourth-order valence-corrected chi connectivity index (χ4v) is 2.84. The first-order valence-corrected chi connectivity index (χ1v) is 8.60. The third-order valence-corrected chi connectivity index (χ3v) is 4.07. The fraction of sp³-hybridized carbons (Fsp3) is 0.333. The summed E-state index contributed by atoms with van der Waals surface area (Å²) < 4.78 is 6.56. The second-order valence-electron chi connectivity index (χ2n) is 6.02. The zero-order valence-electron chi connectivity index (χ0n) is 15.1. The number of carbonyl (C=O) groups excluding carboxylic acids is 1. The maximum absolute atomic E-state index is 12.6. The third-order valence-electron chi connectivity index (χ3n) is 4.07. The summed E-state index contributed by atoms with van der Waals surface area (Å²) in [5.41, 5.74) is 3.80. The van der Waals surface area contributed by atoms with Crippen molar-refractivity contribution in [1.29, 1.82) is 0 Å². The van der Waals surface area contributed by atoms with E-state index in [1.807, 2.05) is 55.6 Å². The van der Waals surface area contributed by atoms with Gasteiger partial charge in [-0.05, 0) is 43.4 Å². The van der Waals surface area contributed by atoms with Crippen LogP contribution in [0.25, 0.3) is 12.2 Å². The van der Waals surface area contributed by atoms with Crippen LogP contribution < -0.4 is 5.56 Å². The molecule has 25 heavy (non-hydrogen) atoms. The molecule has 1 heterocycles. The van der Waals surface area contributed by atoms with Gasteiger partial charge in [-0.1, -0.05) is 42.5 Å². The zero-order chi connectivity index (χ0) is 18.2. The topological polar surface area (TPSA) is 48.3 Å². The molecule has 0 fully saturated rings. The van der Waals surface area contributed by atoms with Crippen molar-refractivity contribution in [3.05, 3.63) is 69.1 Å². The number of aryl methyl sites for hydroxylation is 2. The van der Waals surface area contributed by atoms with Crippen LogP contribution in [-0.2, 0) is 23.0 Å². The molecule has 0 amide bonds. The highest BCUT2D eigenvalue weighted by Crippen LogP contribution is 2.17. The number of carbonyl (C=O) groups is 1. The van der Waals surface area contributed by atoms with E-state index in [0.29, 0.717) is 25.9 Å². The lowest BCUT2D eigenvalue weighted by Gasteiger charge is -2.11. The van der Waals surface area contributed by atoms with Gasteiger partial charge in [-0.2, -0.15) is 0 Å². The van der Waals surface area contributed by atoms with Crippen LogP contribution >= 0.6 is 0 Å². The third kappa shape index (κ3) is 5.18. The summed E-state index contributed by atoms with van der Waals surface area (Å²) in [5, 5.41) is 0. The summed E-state index contributed by atoms with van der Waals surface area (Å²) in [6.45, 7) is 4.18. The summed E-state index contributed by atoms with van der Waals surface area (Å²) in [6, 6.07) is 9.98. The van der Waals surface area contributed by atoms with Crippen molar-refractivity contribution < 1.29 is 9.53 Å². The van der Waals surface area contributed by atoms with Crippen molar-refractivity contribution in [2.75, 3.05) is 6.61 Å². The number of aromatic nitrogens is 1. The molecule has 0 aliphatic heterocycles. The zero-order valence-corrected chi connectivity index (χ0v) is 15.1. The Kier molecular flexibility index (Phi) is 6.75. The standard InChI is InChI=1S/C21H25NO3/c1-4-25-20(23)12-8-11-19-18(16(2)15-22(3)21(19)24)14-13-17-9-6-5-7-10-17/h5-7,9-10,13-15H,4,8,11-12H2,1-3H3/b14-13+. The van der Waals surface area contributed by atoms with E-state index in [1.165, 1.54) is 0 Å². The molecule has 0 spiro atoms. The lowest BCUT2D eigenvalue weighted by Crippen LogP contribution is -2.23. The van der Waals surface area contributed by atoms with Crippen LogP contribution in [0, 0.1) is 6.92 Å². The first-order chi connectivity index (χ1) is 12.0. The van der Waals surface area contributed by atoms with Crippen LogP contribution in [0.5, 0.6) is 0 Å². The van der Waals surface area contributed by atoms with Gasteiger partial charge in [-0.3, -0.25) is 9.59 Å². The normalized spacial score (nSPS) is 11.0. The molecule has 0 bridgehead atoms. The summed E-state index contributed by atoms with van der Waals surface area (Å²) in [4.78, 5) is 24.1. The predicted molar refractivity (Wildman–Crippen MR) is 101 cm³/mol. The van der Waals surface area contributed by atoms with E-state index in [-0.39, 0.29) is 11.5 Å². The second-order valence-corrected chi connectivity index (χ2v) is 6.02. The van der Waals surface area contributed by atoms with Crippen molar-refractivity contribution in [3.8, 4) is 0 Å². The quantitative estimate of drug-likeness (QED) is 0.722. The average molecular weight is 339 g/mol. The number of benzene rings is 1. The van der Waals surface area contributed by atoms with Gasteiger partial charge in [0, 0.05) is 25.2 Å². The lowest BCUT2D eigenvalue weighted by atomic mass is 9.99. The van der Waals surface area contributed by atoms with E-state index in [1.54, 1.807) is 18.5 Å². The van der Waals surface area contributed by atoms with E-state index >= 15 is 0 Å². The van der Waals surface area contributed by atoms with Crippen LogP contribution in [0.4, 0.5) is 0 Å². The van der Waals surface area contributed by atoms with Gasteiger partial charge in [-0.15, -0.1) is 0 Å². The smallest absolute Gasteiger partial charge is 0.305 e. The predicted octanol–water partition coefficient (Wildman–Crippen LogP) is 3.75. The van der Waals surface area contributed by atoms with Crippen molar-refractivity contribution >= 4 is 18.1 Å². The highest BCUT2D eigenvalue weighted by molar-refractivity contribution is 5.72.